The summed E-state index contributed by atoms with van der Waals surface area (Å²) >= 11 is 0. The van der Waals surface area contributed by atoms with Crippen LogP contribution in [0.1, 0.15) is 41.1 Å². The zero-order valence-corrected chi connectivity index (χ0v) is 9.90. The molecule has 4 nitrogen and oxygen atoms in total. The molecular formula is C13H12F2O4. The van der Waals surface area contributed by atoms with Crippen molar-refractivity contribution in [2.45, 2.75) is 25.2 Å². The van der Waals surface area contributed by atoms with E-state index in [9.17, 15) is 18.4 Å². The SMILES string of the molecule is O=C(O)CC(c1cc(C(=O)O)c(F)cc1F)C1CC1. The molecule has 1 atom stereocenters. The second kappa shape index (κ2) is 4.95. The average molecular weight is 270 g/mol. The molecule has 0 aromatic heterocycles. The fraction of sp³-hybridized carbons (Fsp3) is 0.385. The number of rotatable bonds is 5. The molecule has 1 aliphatic carbocycles. The fourth-order valence-corrected chi connectivity index (χ4v) is 2.23. The number of aliphatic carboxylic acids is 1. The van der Waals surface area contributed by atoms with Gasteiger partial charge in [-0.25, -0.2) is 13.6 Å². The standard InChI is InChI=1S/C13H12F2O4/c14-10-5-11(15)9(13(18)19)3-8(10)7(4-12(16)17)6-1-2-6/h3,5-7H,1-2,4H2,(H,16,17)(H,18,19). The predicted molar refractivity (Wildman–Crippen MR) is 61.0 cm³/mol. The van der Waals surface area contributed by atoms with Gasteiger partial charge in [0.25, 0.3) is 0 Å². The first-order valence-corrected chi connectivity index (χ1v) is 5.84. The molecule has 0 radical (unpaired) electrons. The molecule has 0 saturated heterocycles. The molecular weight excluding hydrogens is 258 g/mol. The lowest BCUT2D eigenvalue weighted by Crippen LogP contribution is -2.12. The number of aromatic carboxylic acids is 1. The third-order valence-corrected chi connectivity index (χ3v) is 3.30. The van der Waals surface area contributed by atoms with E-state index in [1.807, 2.05) is 0 Å². The zero-order valence-electron chi connectivity index (χ0n) is 9.90. The summed E-state index contributed by atoms with van der Waals surface area (Å²) in [6, 6.07) is 1.43. The van der Waals surface area contributed by atoms with Gasteiger partial charge in [0.2, 0.25) is 0 Å². The molecule has 1 unspecified atom stereocenters. The van der Waals surface area contributed by atoms with E-state index in [0.29, 0.717) is 6.07 Å². The van der Waals surface area contributed by atoms with Crippen LogP contribution in [0.3, 0.4) is 0 Å². The van der Waals surface area contributed by atoms with Crippen LogP contribution in [0.2, 0.25) is 0 Å². The van der Waals surface area contributed by atoms with Gasteiger partial charge in [-0.15, -0.1) is 0 Å². The topological polar surface area (TPSA) is 74.6 Å². The Morgan fingerprint density at radius 3 is 2.32 bits per heavy atom. The molecule has 19 heavy (non-hydrogen) atoms. The third kappa shape index (κ3) is 2.89. The van der Waals surface area contributed by atoms with E-state index in [2.05, 4.69) is 0 Å². The molecule has 6 heteroatoms. The van der Waals surface area contributed by atoms with Gasteiger partial charge in [-0.3, -0.25) is 4.79 Å². The monoisotopic (exact) mass is 270 g/mol. The van der Waals surface area contributed by atoms with Crippen molar-refractivity contribution in [2.75, 3.05) is 0 Å². The summed E-state index contributed by atoms with van der Waals surface area (Å²) in [5.41, 5.74) is -0.656. The van der Waals surface area contributed by atoms with Crippen molar-refractivity contribution in [1.29, 1.82) is 0 Å². The van der Waals surface area contributed by atoms with Gasteiger partial charge in [-0.2, -0.15) is 0 Å². The summed E-state index contributed by atoms with van der Waals surface area (Å²) in [6.45, 7) is 0. The highest BCUT2D eigenvalue weighted by atomic mass is 19.1. The van der Waals surface area contributed by atoms with E-state index in [0.717, 1.165) is 18.9 Å². The Kier molecular flexibility index (Phi) is 3.50. The van der Waals surface area contributed by atoms with Crippen LogP contribution in [0.5, 0.6) is 0 Å². The van der Waals surface area contributed by atoms with Gasteiger partial charge < -0.3 is 10.2 Å². The van der Waals surface area contributed by atoms with E-state index in [-0.39, 0.29) is 17.9 Å². The van der Waals surface area contributed by atoms with Crippen LogP contribution < -0.4 is 0 Å². The summed E-state index contributed by atoms with van der Waals surface area (Å²) in [5.74, 6) is -5.20. The van der Waals surface area contributed by atoms with Crippen molar-refractivity contribution in [3.63, 3.8) is 0 Å². The van der Waals surface area contributed by atoms with Crippen LogP contribution >= 0.6 is 0 Å². The zero-order chi connectivity index (χ0) is 14.2. The van der Waals surface area contributed by atoms with Crippen molar-refractivity contribution in [1.82, 2.24) is 0 Å². The Morgan fingerprint density at radius 1 is 1.21 bits per heavy atom. The van der Waals surface area contributed by atoms with Crippen LogP contribution in [0, 0.1) is 17.6 Å². The molecule has 0 spiro atoms. The number of halogens is 2. The molecule has 2 N–H and O–H groups in total. The molecule has 0 heterocycles. The van der Waals surface area contributed by atoms with Gasteiger partial charge in [0, 0.05) is 12.0 Å². The molecule has 102 valence electrons. The molecule has 1 aliphatic rings. The summed E-state index contributed by atoms with van der Waals surface area (Å²) in [7, 11) is 0. The lowest BCUT2D eigenvalue weighted by molar-refractivity contribution is -0.137. The molecule has 0 amide bonds. The normalized spacial score (nSPS) is 16.1. The lowest BCUT2D eigenvalue weighted by atomic mass is 9.89. The van der Waals surface area contributed by atoms with E-state index < -0.39 is 35.1 Å². The number of hydrogen-bond acceptors (Lipinski definition) is 2. The number of carboxylic acids is 2. The van der Waals surface area contributed by atoms with Crippen molar-refractivity contribution >= 4 is 11.9 Å². The first kappa shape index (κ1) is 13.5. The summed E-state index contributed by atoms with van der Waals surface area (Å²) < 4.78 is 27.0. The Hall–Kier alpha value is -1.98. The van der Waals surface area contributed by atoms with Crippen LogP contribution in [-0.4, -0.2) is 22.2 Å². The molecule has 1 saturated carbocycles. The largest absolute Gasteiger partial charge is 0.481 e. The molecule has 1 fully saturated rings. The predicted octanol–water partition coefficient (Wildman–Crippen LogP) is 2.63. The van der Waals surface area contributed by atoms with Crippen LogP contribution in [0.4, 0.5) is 8.78 Å². The van der Waals surface area contributed by atoms with E-state index >= 15 is 0 Å². The van der Waals surface area contributed by atoms with Crippen LogP contribution in [-0.2, 0) is 4.79 Å². The maximum atomic E-state index is 13.8. The van der Waals surface area contributed by atoms with Gasteiger partial charge in [0.1, 0.15) is 11.6 Å². The van der Waals surface area contributed by atoms with Gasteiger partial charge in [0.05, 0.1) is 12.0 Å². The van der Waals surface area contributed by atoms with Crippen molar-refractivity contribution in [3.05, 3.63) is 34.9 Å². The highest BCUT2D eigenvalue weighted by molar-refractivity contribution is 5.88. The third-order valence-electron chi connectivity index (χ3n) is 3.30. The minimum atomic E-state index is -1.50. The van der Waals surface area contributed by atoms with Crippen LogP contribution in [0.15, 0.2) is 12.1 Å². The average Bonchev–Trinajstić information content (AvgIpc) is 3.09. The van der Waals surface area contributed by atoms with Crippen molar-refractivity contribution in [2.24, 2.45) is 5.92 Å². The second-order valence-corrected chi connectivity index (χ2v) is 4.70. The molecule has 0 aliphatic heterocycles. The highest BCUT2D eigenvalue weighted by Crippen LogP contribution is 2.45. The molecule has 1 aromatic carbocycles. The first-order chi connectivity index (χ1) is 8.90. The Labute approximate surface area is 107 Å². The molecule has 1 aromatic rings. The molecule has 0 bridgehead atoms. The Balaban J connectivity index is 2.43. The quantitative estimate of drug-likeness (QED) is 0.862. The highest BCUT2D eigenvalue weighted by Gasteiger charge is 2.36. The van der Waals surface area contributed by atoms with Gasteiger partial charge >= 0.3 is 11.9 Å². The summed E-state index contributed by atoms with van der Waals surface area (Å²) in [5, 5.41) is 17.7. The minimum Gasteiger partial charge on any atom is -0.481 e. The number of carboxylic acid groups (broad SMARTS) is 2. The van der Waals surface area contributed by atoms with Gasteiger partial charge in [-0.1, -0.05) is 0 Å². The van der Waals surface area contributed by atoms with Crippen molar-refractivity contribution in [3.8, 4) is 0 Å². The van der Waals surface area contributed by atoms with E-state index in [1.165, 1.54) is 0 Å². The summed E-state index contributed by atoms with van der Waals surface area (Å²) in [4.78, 5) is 21.6. The Bertz CT molecular complexity index is 538. The summed E-state index contributed by atoms with van der Waals surface area (Å²) in [6.07, 6.45) is 1.26. The van der Waals surface area contributed by atoms with Crippen LogP contribution in [0.25, 0.3) is 0 Å². The minimum absolute atomic E-state index is 0.0244. The maximum absolute atomic E-state index is 13.8. The Morgan fingerprint density at radius 2 is 1.84 bits per heavy atom. The molecule has 2 rings (SSSR count). The van der Waals surface area contributed by atoms with E-state index in [4.69, 9.17) is 10.2 Å². The fourth-order valence-electron chi connectivity index (χ4n) is 2.23. The number of carbonyl (C=O) groups is 2. The van der Waals surface area contributed by atoms with E-state index in [1.54, 1.807) is 0 Å². The maximum Gasteiger partial charge on any atom is 0.338 e. The lowest BCUT2D eigenvalue weighted by Gasteiger charge is -2.16. The number of benzene rings is 1. The van der Waals surface area contributed by atoms with Crippen molar-refractivity contribution < 1.29 is 28.6 Å². The number of hydrogen-bond donors (Lipinski definition) is 2. The first-order valence-electron chi connectivity index (χ1n) is 5.84. The van der Waals surface area contributed by atoms with Gasteiger partial charge in [-0.05, 0) is 30.4 Å². The van der Waals surface area contributed by atoms with Gasteiger partial charge in [0.15, 0.2) is 0 Å². The second-order valence-electron chi connectivity index (χ2n) is 4.70. The smallest absolute Gasteiger partial charge is 0.338 e.